The molecule has 1 aliphatic heterocycles. The number of para-hydroxylation sites is 1. The topological polar surface area (TPSA) is 97.7 Å². The van der Waals surface area contributed by atoms with Crippen molar-refractivity contribution in [3.05, 3.63) is 123 Å². The molecule has 0 radical (unpaired) electrons. The highest BCUT2D eigenvalue weighted by Crippen LogP contribution is 2.50. The third-order valence-electron chi connectivity index (χ3n) is 6.25. The van der Waals surface area contributed by atoms with Gasteiger partial charge in [-0.3, -0.25) is 19.2 Å². The van der Waals surface area contributed by atoms with Crippen molar-refractivity contribution in [2.75, 3.05) is 0 Å². The quantitative estimate of drug-likeness (QED) is 0.617. The molecular weight excluding hydrogens is 420 g/mol. The number of fused-ring (bicyclic) bond motifs is 2. The lowest BCUT2D eigenvalue weighted by Crippen LogP contribution is -2.36. The zero-order valence-corrected chi connectivity index (χ0v) is 17.0. The standard InChI is InChI=1S/C27H14O6/c28-18-12-6-5-11-17(18)19-20-22(29)13-7-1-3-9-15(13)24(31)26(20)33-27-21(19)23(30)14-8-2-4-10-16(14)25(27)32/h1-12,19,28H. The smallest absolute Gasteiger partial charge is 0.229 e. The van der Waals surface area contributed by atoms with Gasteiger partial charge in [-0.1, -0.05) is 66.7 Å². The Bertz CT molecular complexity index is 1430. The fourth-order valence-electron chi connectivity index (χ4n) is 4.76. The number of aromatic hydroxyl groups is 1. The summed E-state index contributed by atoms with van der Waals surface area (Å²) >= 11 is 0. The SMILES string of the molecule is O=C1C2=C(C(=O)c3ccccc31)C(c1ccccc1O)C1=C(O2)C(=O)c2ccccc2C1=O. The van der Waals surface area contributed by atoms with Crippen LogP contribution in [0, 0.1) is 0 Å². The van der Waals surface area contributed by atoms with Gasteiger partial charge in [0.15, 0.2) is 23.1 Å². The first kappa shape index (κ1) is 19.1. The van der Waals surface area contributed by atoms with Gasteiger partial charge in [-0.2, -0.15) is 0 Å². The molecule has 3 aromatic rings. The number of carbonyl (C=O) groups excluding carboxylic acids is 4. The van der Waals surface area contributed by atoms with Crippen molar-refractivity contribution in [2.24, 2.45) is 0 Å². The van der Waals surface area contributed by atoms with E-state index in [0.29, 0.717) is 0 Å². The van der Waals surface area contributed by atoms with Crippen molar-refractivity contribution < 1.29 is 29.0 Å². The maximum atomic E-state index is 13.6. The number of phenolic OH excluding ortho intramolecular Hbond substituents is 1. The van der Waals surface area contributed by atoms with E-state index in [-0.39, 0.29) is 56.2 Å². The summed E-state index contributed by atoms with van der Waals surface area (Å²) in [5.74, 6) is -3.95. The molecule has 0 spiro atoms. The molecule has 3 aromatic carbocycles. The summed E-state index contributed by atoms with van der Waals surface area (Å²) in [5.41, 5.74) is 0.821. The highest BCUT2D eigenvalue weighted by Gasteiger charge is 2.49. The Balaban J connectivity index is 1.67. The number of carbonyl (C=O) groups is 4. The number of rotatable bonds is 1. The van der Waals surface area contributed by atoms with Gasteiger partial charge in [0, 0.05) is 27.8 Å². The minimum absolute atomic E-state index is 0.0560. The second kappa shape index (κ2) is 6.71. The van der Waals surface area contributed by atoms with Crippen LogP contribution < -0.4 is 0 Å². The van der Waals surface area contributed by atoms with Crippen LogP contribution in [0.1, 0.15) is 52.9 Å². The summed E-state index contributed by atoms with van der Waals surface area (Å²) in [4.78, 5) is 53.9. The van der Waals surface area contributed by atoms with Gasteiger partial charge in [-0.15, -0.1) is 0 Å². The summed E-state index contributed by atoms with van der Waals surface area (Å²) in [6, 6.07) is 18.9. The fraction of sp³-hybridized carbons (Fsp3) is 0.0370. The lowest BCUT2D eigenvalue weighted by Gasteiger charge is -2.35. The second-order valence-corrected chi connectivity index (χ2v) is 7.99. The molecule has 0 aromatic heterocycles. The Morgan fingerprint density at radius 1 is 0.545 bits per heavy atom. The number of phenols is 1. The lowest BCUT2D eigenvalue weighted by atomic mass is 9.70. The highest BCUT2D eigenvalue weighted by atomic mass is 16.5. The average molecular weight is 434 g/mol. The predicted molar refractivity (Wildman–Crippen MR) is 116 cm³/mol. The molecule has 6 rings (SSSR count). The zero-order chi connectivity index (χ0) is 22.9. The minimum Gasteiger partial charge on any atom is -0.508 e. The Kier molecular flexibility index (Phi) is 3.89. The summed E-state index contributed by atoms with van der Waals surface area (Å²) in [7, 11) is 0. The van der Waals surface area contributed by atoms with Crippen LogP contribution in [0.25, 0.3) is 0 Å². The minimum atomic E-state index is -1.14. The fourth-order valence-corrected chi connectivity index (χ4v) is 4.76. The first-order valence-electron chi connectivity index (χ1n) is 10.3. The molecule has 158 valence electrons. The van der Waals surface area contributed by atoms with Crippen LogP contribution in [0.15, 0.2) is 95.5 Å². The second-order valence-electron chi connectivity index (χ2n) is 7.99. The molecule has 0 atom stereocenters. The molecule has 0 amide bonds. The van der Waals surface area contributed by atoms with Crippen LogP contribution in [0.3, 0.4) is 0 Å². The van der Waals surface area contributed by atoms with Crippen molar-refractivity contribution in [3.63, 3.8) is 0 Å². The van der Waals surface area contributed by atoms with E-state index in [2.05, 4.69) is 0 Å². The highest BCUT2D eigenvalue weighted by molar-refractivity contribution is 6.32. The van der Waals surface area contributed by atoms with Gasteiger partial charge in [-0.05, 0) is 6.07 Å². The maximum absolute atomic E-state index is 13.6. The Morgan fingerprint density at radius 2 is 0.939 bits per heavy atom. The van der Waals surface area contributed by atoms with E-state index in [1.807, 2.05) is 0 Å². The van der Waals surface area contributed by atoms with Gasteiger partial charge in [-0.25, -0.2) is 0 Å². The first-order valence-corrected chi connectivity index (χ1v) is 10.3. The number of Topliss-reactive ketones (excluding diaryl/α,β-unsaturated/α-hetero) is 4. The Morgan fingerprint density at radius 3 is 1.39 bits per heavy atom. The van der Waals surface area contributed by atoms with Gasteiger partial charge in [0.05, 0.1) is 17.1 Å². The maximum Gasteiger partial charge on any atom is 0.229 e. The number of ether oxygens (including phenoxy) is 1. The van der Waals surface area contributed by atoms with E-state index < -0.39 is 29.1 Å². The molecular formula is C27H14O6. The molecule has 33 heavy (non-hydrogen) atoms. The van der Waals surface area contributed by atoms with Gasteiger partial charge >= 0.3 is 0 Å². The average Bonchev–Trinajstić information content (AvgIpc) is 2.85. The van der Waals surface area contributed by atoms with Crippen molar-refractivity contribution in [3.8, 4) is 5.75 Å². The van der Waals surface area contributed by atoms with E-state index in [1.165, 1.54) is 30.3 Å². The van der Waals surface area contributed by atoms with Crippen LogP contribution in [0.4, 0.5) is 0 Å². The molecule has 0 bridgehead atoms. The third-order valence-corrected chi connectivity index (χ3v) is 6.25. The Hall–Kier alpha value is -4.58. The van der Waals surface area contributed by atoms with Crippen LogP contribution in [-0.2, 0) is 4.74 Å². The molecule has 3 aliphatic rings. The van der Waals surface area contributed by atoms with E-state index in [1.54, 1.807) is 42.5 Å². The van der Waals surface area contributed by atoms with Gasteiger partial charge in [0.25, 0.3) is 0 Å². The van der Waals surface area contributed by atoms with Crippen LogP contribution in [-0.4, -0.2) is 28.2 Å². The van der Waals surface area contributed by atoms with E-state index >= 15 is 0 Å². The first-order chi connectivity index (χ1) is 16.0. The number of hydrogen-bond donors (Lipinski definition) is 1. The van der Waals surface area contributed by atoms with Crippen LogP contribution in [0.5, 0.6) is 5.75 Å². The van der Waals surface area contributed by atoms with E-state index in [4.69, 9.17) is 4.74 Å². The number of benzene rings is 3. The number of hydrogen-bond acceptors (Lipinski definition) is 6. The van der Waals surface area contributed by atoms with Crippen molar-refractivity contribution >= 4 is 23.1 Å². The Labute approximate surface area is 187 Å². The molecule has 0 unspecified atom stereocenters. The van der Waals surface area contributed by atoms with Crippen LogP contribution in [0.2, 0.25) is 0 Å². The largest absolute Gasteiger partial charge is 0.508 e. The normalized spacial score (nSPS) is 17.3. The third kappa shape index (κ3) is 2.49. The van der Waals surface area contributed by atoms with E-state index in [9.17, 15) is 24.3 Å². The van der Waals surface area contributed by atoms with Crippen molar-refractivity contribution in [2.45, 2.75) is 5.92 Å². The molecule has 2 aliphatic carbocycles. The van der Waals surface area contributed by atoms with Gasteiger partial charge < -0.3 is 9.84 Å². The predicted octanol–water partition coefficient (Wildman–Crippen LogP) is 4.17. The molecule has 0 saturated carbocycles. The van der Waals surface area contributed by atoms with Crippen molar-refractivity contribution in [1.29, 1.82) is 0 Å². The van der Waals surface area contributed by atoms with Gasteiger partial charge in [0.1, 0.15) is 5.75 Å². The monoisotopic (exact) mass is 434 g/mol. The molecule has 0 fully saturated rings. The number of ketones is 4. The molecule has 1 N–H and O–H groups in total. The van der Waals surface area contributed by atoms with Crippen molar-refractivity contribution in [1.82, 2.24) is 0 Å². The molecule has 0 saturated heterocycles. The van der Waals surface area contributed by atoms with Crippen LogP contribution >= 0.6 is 0 Å². The zero-order valence-electron chi connectivity index (χ0n) is 17.0. The van der Waals surface area contributed by atoms with E-state index in [0.717, 1.165) is 0 Å². The summed E-state index contributed by atoms with van der Waals surface area (Å²) in [6.45, 7) is 0. The summed E-state index contributed by atoms with van der Waals surface area (Å²) < 4.78 is 5.80. The molecule has 1 heterocycles. The molecule has 6 heteroatoms. The molecule has 6 nitrogen and oxygen atoms in total. The summed E-state index contributed by atoms with van der Waals surface area (Å²) in [5, 5.41) is 10.7. The lowest BCUT2D eigenvalue weighted by molar-refractivity contribution is 0.0821. The number of allylic oxidation sites excluding steroid dienone is 4. The summed E-state index contributed by atoms with van der Waals surface area (Å²) in [6.07, 6.45) is 0. The van der Waals surface area contributed by atoms with Gasteiger partial charge in [0.2, 0.25) is 11.6 Å².